The van der Waals surface area contributed by atoms with Crippen molar-refractivity contribution in [3.63, 3.8) is 0 Å². The maximum absolute atomic E-state index is 12.4. The van der Waals surface area contributed by atoms with E-state index in [0.29, 0.717) is 25.4 Å². The molecular weight excluding hydrogens is 466 g/mol. The van der Waals surface area contributed by atoms with Gasteiger partial charge >= 0.3 is 0 Å². The third-order valence-electron chi connectivity index (χ3n) is 4.51. The smallest absolute Gasteiger partial charge is 0.283 e. The lowest BCUT2D eigenvalue weighted by Crippen LogP contribution is -2.17. The maximum atomic E-state index is 12.4. The Morgan fingerprint density at radius 2 is 1.94 bits per heavy atom. The summed E-state index contributed by atoms with van der Waals surface area (Å²) in [5, 5.41) is 19.0. The molecule has 0 unspecified atom stereocenters. The van der Waals surface area contributed by atoms with Crippen LogP contribution in [0.1, 0.15) is 5.56 Å². The molecule has 160 valence electrons. The van der Waals surface area contributed by atoms with Crippen LogP contribution in [0.2, 0.25) is 0 Å². The van der Waals surface area contributed by atoms with Gasteiger partial charge in [-0.1, -0.05) is 60.4 Å². The number of carbonyl (C=O) groups excluding carboxylic acids is 2. The minimum absolute atomic E-state index is 0.0145. The Morgan fingerprint density at radius 3 is 2.66 bits per heavy atom. The number of nitro benzene ring substituents is 1. The Labute approximate surface area is 196 Å². The second-order valence-electron chi connectivity index (χ2n) is 6.74. The molecule has 4 rings (SSSR count). The van der Waals surface area contributed by atoms with Crippen LogP contribution in [0.25, 0.3) is 16.8 Å². The van der Waals surface area contributed by atoms with E-state index >= 15 is 0 Å². The first-order chi connectivity index (χ1) is 15.4. The number of nitrogens with one attached hydrogen (secondary N) is 2. The van der Waals surface area contributed by atoms with Crippen molar-refractivity contribution in [3.8, 4) is 0 Å². The van der Waals surface area contributed by atoms with E-state index in [2.05, 4.69) is 10.6 Å². The molecule has 3 aromatic rings. The van der Waals surface area contributed by atoms with Gasteiger partial charge in [0.05, 0.1) is 20.5 Å². The van der Waals surface area contributed by atoms with E-state index in [1.807, 2.05) is 42.5 Å². The normalized spacial score (nSPS) is 14.6. The molecule has 0 radical (unpaired) electrons. The third kappa shape index (κ3) is 5.16. The first kappa shape index (κ1) is 22.0. The zero-order valence-corrected chi connectivity index (χ0v) is 18.8. The predicted molar refractivity (Wildman–Crippen MR) is 133 cm³/mol. The van der Waals surface area contributed by atoms with Crippen LogP contribution in [0.15, 0.2) is 70.5 Å². The van der Waals surface area contributed by atoms with Gasteiger partial charge in [0.25, 0.3) is 11.6 Å². The van der Waals surface area contributed by atoms with Crippen molar-refractivity contribution in [2.45, 2.75) is 4.90 Å². The van der Waals surface area contributed by atoms with Gasteiger partial charge in [0.15, 0.2) is 0 Å². The second kappa shape index (κ2) is 9.51. The molecule has 0 saturated carbocycles. The molecule has 1 aliphatic rings. The highest BCUT2D eigenvalue weighted by atomic mass is 32.2. The molecule has 2 N–H and O–H groups in total. The van der Waals surface area contributed by atoms with Gasteiger partial charge in [-0.25, -0.2) is 0 Å². The number of thioether (sulfide) groups is 2. The van der Waals surface area contributed by atoms with Crippen LogP contribution in [-0.2, 0) is 9.59 Å². The summed E-state index contributed by atoms with van der Waals surface area (Å²) in [7, 11) is 0. The summed E-state index contributed by atoms with van der Waals surface area (Å²) >= 11 is 7.13. The fourth-order valence-electron chi connectivity index (χ4n) is 3.07. The van der Waals surface area contributed by atoms with Crippen molar-refractivity contribution in [3.05, 3.63) is 81.2 Å². The highest BCUT2D eigenvalue weighted by Crippen LogP contribution is 2.32. The molecule has 1 saturated heterocycles. The molecule has 0 aromatic heterocycles. The lowest BCUT2D eigenvalue weighted by atomic mass is 10.1. The van der Waals surface area contributed by atoms with Crippen LogP contribution in [0.5, 0.6) is 0 Å². The van der Waals surface area contributed by atoms with Gasteiger partial charge in [-0.2, -0.15) is 0 Å². The van der Waals surface area contributed by atoms with E-state index in [4.69, 9.17) is 12.2 Å². The molecule has 32 heavy (non-hydrogen) atoms. The van der Waals surface area contributed by atoms with Crippen LogP contribution in [-0.4, -0.2) is 26.8 Å². The number of carbonyl (C=O) groups is 2. The first-order valence-corrected chi connectivity index (χ1v) is 11.5. The minimum Gasteiger partial charge on any atom is -0.325 e. The number of benzene rings is 3. The SMILES string of the molecule is O=C(CSc1ccc(/C=C2\SC(=S)NC2=O)cc1[N+](=O)[O-])Nc1ccc2ccccc2c1. The number of hydrogen-bond donors (Lipinski definition) is 2. The molecule has 3 aromatic carbocycles. The van der Waals surface area contributed by atoms with Gasteiger partial charge in [-0.15, -0.1) is 11.8 Å². The van der Waals surface area contributed by atoms with E-state index in [1.165, 1.54) is 6.07 Å². The molecule has 1 heterocycles. The van der Waals surface area contributed by atoms with E-state index < -0.39 is 4.92 Å². The fraction of sp³-hybridized carbons (Fsp3) is 0.0455. The number of thiocarbonyl (C=S) groups is 1. The summed E-state index contributed by atoms with van der Waals surface area (Å²) in [4.78, 5) is 36.0. The Balaban J connectivity index is 1.45. The van der Waals surface area contributed by atoms with Gasteiger partial charge in [-0.05, 0) is 40.6 Å². The number of amides is 2. The fourth-order valence-corrected chi connectivity index (χ4v) is 4.92. The minimum atomic E-state index is -0.502. The third-order valence-corrected chi connectivity index (χ3v) is 6.74. The Hall–Kier alpha value is -3.21. The van der Waals surface area contributed by atoms with Gasteiger partial charge < -0.3 is 10.6 Å². The molecule has 0 aliphatic carbocycles. The van der Waals surface area contributed by atoms with E-state index in [1.54, 1.807) is 18.2 Å². The zero-order chi connectivity index (χ0) is 22.7. The first-order valence-electron chi connectivity index (χ1n) is 9.34. The Kier molecular flexibility index (Phi) is 6.54. The number of rotatable bonds is 6. The number of nitro groups is 1. The maximum Gasteiger partial charge on any atom is 0.283 e. The highest BCUT2D eigenvalue weighted by molar-refractivity contribution is 8.26. The van der Waals surface area contributed by atoms with E-state index in [9.17, 15) is 19.7 Å². The quantitative estimate of drug-likeness (QED) is 0.169. The van der Waals surface area contributed by atoms with Crippen molar-refractivity contribution in [2.24, 2.45) is 0 Å². The van der Waals surface area contributed by atoms with Gasteiger partial charge in [-0.3, -0.25) is 19.7 Å². The van der Waals surface area contributed by atoms with E-state index in [0.717, 1.165) is 34.3 Å². The Bertz CT molecular complexity index is 1310. The molecule has 0 spiro atoms. The molecule has 2 amide bonds. The number of nitrogens with zero attached hydrogens (tertiary/aromatic N) is 1. The molecule has 1 fully saturated rings. The van der Waals surface area contributed by atoms with E-state index in [-0.39, 0.29) is 23.3 Å². The van der Waals surface area contributed by atoms with Crippen molar-refractivity contribution in [2.75, 3.05) is 11.1 Å². The summed E-state index contributed by atoms with van der Waals surface area (Å²) in [6.07, 6.45) is 1.55. The van der Waals surface area contributed by atoms with Crippen LogP contribution < -0.4 is 10.6 Å². The van der Waals surface area contributed by atoms with Crippen molar-refractivity contribution in [1.82, 2.24) is 5.32 Å². The molecule has 0 atom stereocenters. The molecule has 7 nitrogen and oxygen atoms in total. The number of hydrogen-bond acceptors (Lipinski definition) is 7. The number of fused-ring (bicyclic) bond motifs is 1. The zero-order valence-electron chi connectivity index (χ0n) is 16.4. The van der Waals surface area contributed by atoms with Gasteiger partial charge in [0.2, 0.25) is 5.91 Å². The lowest BCUT2D eigenvalue weighted by molar-refractivity contribution is -0.387. The second-order valence-corrected chi connectivity index (χ2v) is 9.47. The Morgan fingerprint density at radius 1 is 1.16 bits per heavy atom. The van der Waals surface area contributed by atoms with Crippen LogP contribution >= 0.6 is 35.7 Å². The summed E-state index contributed by atoms with van der Waals surface area (Å²) in [5.74, 6) is -0.578. The molecule has 1 aliphatic heterocycles. The standard InChI is InChI=1S/C22H15N3O4S3/c26-20(23-16-7-6-14-3-1-2-4-15(14)11-16)12-31-18-8-5-13(9-17(18)25(28)29)10-19-21(27)24-22(30)32-19/h1-11H,12H2,(H,23,26)(H,24,27,30)/b19-10-. The lowest BCUT2D eigenvalue weighted by Gasteiger charge is -2.07. The largest absolute Gasteiger partial charge is 0.325 e. The summed E-state index contributed by atoms with van der Waals surface area (Å²) in [6, 6.07) is 18.1. The van der Waals surface area contributed by atoms with Crippen molar-refractivity contribution >= 4 is 80.1 Å². The molecule has 10 heteroatoms. The van der Waals surface area contributed by atoms with Crippen LogP contribution in [0.4, 0.5) is 11.4 Å². The summed E-state index contributed by atoms with van der Waals surface area (Å²) in [6.45, 7) is 0. The molecular formula is C22H15N3O4S3. The number of anilines is 1. The summed E-state index contributed by atoms with van der Waals surface area (Å²) < 4.78 is 0.348. The topological polar surface area (TPSA) is 101 Å². The average molecular weight is 482 g/mol. The average Bonchev–Trinajstić information content (AvgIpc) is 3.09. The van der Waals surface area contributed by atoms with Crippen molar-refractivity contribution in [1.29, 1.82) is 0 Å². The monoisotopic (exact) mass is 481 g/mol. The van der Waals surface area contributed by atoms with Gasteiger partial charge in [0.1, 0.15) is 4.32 Å². The predicted octanol–water partition coefficient (Wildman–Crippen LogP) is 4.97. The van der Waals surface area contributed by atoms with Crippen LogP contribution in [0.3, 0.4) is 0 Å². The van der Waals surface area contributed by atoms with Gasteiger partial charge in [0, 0.05) is 11.8 Å². The molecule has 0 bridgehead atoms. The summed E-state index contributed by atoms with van der Waals surface area (Å²) in [5.41, 5.74) is 1.04. The van der Waals surface area contributed by atoms with Crippen LogP contribution in [0, 0.1) is 10.1 Å². The highest BCUT2D eigenvalue weighted by Gasteiger charge is 2.23. The van der Waals surface area contributed by atoms with Crippen molar-refractivity contribution < 1.29 is 14.5 Å².